The van der Waals surface area contributed by atoms with Gasteiger partial charge in [-0.25, -0.2) is 0 Å². The van der Waals surface area contributed by atoms with Crippen LogP contribution in [0.1, 0.15) is 16.7 Å². The van der Waals surface area contributed by atoms with E-state index in [2.05, 4.69) is 42.5 Å². The summed E-state index contributed by atoms with van der Waals surface area (Å²) >= 11 is 0. The topological polar surface area (TPSA) is 18.5 Å². The van der Waals surface area contributed by atoms with E-state index in [1.165, 1.54) is 22.3 Å². The van der Waals surface area contributed by atoms with Gasteiger partial charge in [-0.3, -0.25) is 0 Å². The van der Waals surface area contributed by atoms with Gasteiger partial charge in [-0.1, -0.05) is 36.4 Å². The normalized spacial score (nSPS) is 12.8. The highest BCUT2D eigenvalue weighted by molar-refractivity contribution is 5.85. The molecule has 0 radical (unpaired) electrons. The van der Waals surface area contributed by atoms with Gasteiger partial charge in [0.05, 0.1) is 14.2 Å². The third-order valence-electron chi connectivity index (χ3n) is 3.51. The van der Waals surface area contributed by atoms with Crippen LogP contribution in [0.15, 0.2) is 48.5 Å². The minimum atomic E-state index is 0.782. The van der Waals surface area contributed by atoms with Crippen molar-refractivity contribution in [2.45, 2.75) is 6.42 Å². The van der Waals surface area contributed by atoms with E-state index in [1.54, 1.807) is 14.2 Å². The lowest BCUT2D eigenvalue weighted by atomic mass is 9.99. The van der Waals surface area contributed by atoms with Crippen LogP contribution < -0.4 is 9.47 Å². The van der Waals surface area contributed by atoms with Gasteiger partial charge in [0.25, 0.3) is 0 Å². The smallest absolute Gasteiger partial charge is 0.161 e. The molecule has 0 aromatic heterocycles. The fourth-order valence-corrected chi connectivity index (χ4v) is 2.55. The molecule has 1 aliphatic rings. The molecule has 2 aromatic rings. The molecule has 96 valence electrons. The Morgan fingerprint density at radius 3 is 2.26 bits per heavy atom. The number of rotatable bonds is 3. The molecule has 19 heavy (non-hydrogen) atoms. The standard InChI is InChI=1S/C17H16O2/c1-18-16-10-13-8-9-14(12-6-4-3-5-7-12)15(13)11-17(16)19-2/h3-7,9-11H,8H2,1-2H3. The number of allylic oxidation sites excluding steroid dienone is 1. The molecule has 0 saturated heterocycles. The fraction of sp³-hybridized carbons (Fsp3) is 0.176. The zero-order valence-electron chi connectivity index (χ0n) is 11.1. The molecule has 0 bridgehead atoms. The van der Waals surface area contributed by atoms with E-state index in [1.807, 2.05) is 6.07 Å². The monoisotopic (exact) mass is 252 g/mol. The molecule has 1 aliphatic carbocycles. The van der Waals surface area contributed by atoms with Gasteiger partial charge < -0.3 is 9.47 Å². The van der Waals surface area contributed by atoms with Crippen LogP contribution in [-0.2, 0) is 6.42 Å². The van der Waals surface area contributed by atoms with Crippen molar-refractivity contribution in [3.05, 3.63) is 65.2 Å². The molecule has 0 spiro atoms. The van der Waals surface area contributed by atoms with Crippen LogP contribution in [0.4, 0.5) is 0 Å². The highest BCUT2D eigenvalue weighted by Gasteiger charge is 2.19. The Hall–Kier alpha value is -2.22. The van der Waals surface area contributed by atoms with Crippen molar-refractivity contribution in [3.8, 4) is 11.5 Å². The van der Waals surface area contributed by atoms with Gasteiger partial charge >= 0.3 is 0 Å². The Balaban J connectivity index is 2.09. The summed E-state index contributed by atoms with van der Waals surface area (Å²) in [5.41, 5.74) is 5.05. The van der Waals surface area contributed by atoms with Crippen molar-refractivity contribution in [1.82, 2.24) is 0 Å². The Kier molecular flexibility index (Phi) is 3.00. The van der Waals surface area contributed by atoms with Crippen LogP contribution >= 0.6 is 0 Å². The number of hydrogen-bond acceptors (Lipinski definition) is 2. The van der Waals surface area contributed by atoms with Crippen molar-refractivity contribution in [2.75, 3.05) is 14.2 Å². The van der Waals surface area contributed by atoms with Gasteiger partial charge in [-0.15, -0.1) is 0 Å². The van der Waals surface area contributed by atoms with E-state index in [0.717, 1.165) is 17.9 Å². The van der Waals surface area contributed by atoms with Crippen molar-refractivity contribution in [3.63, 3.8) is 0 Å². The Labute approximate surface area is 113 Å². The van der Waals surface area contributed by atoms with E-state index < -0.39 is 0 Å². The molecule has 0 amide bonds. The second kappa shape index (κ2) is 4.81. The van der Waals surface area contributed by atoms with Crippen LogP contribution in [0.2, 0.25) is 0 Å². The third-order valence-corrected chi connectivity index (χ3v) is 3.51. The van der Waals surface area contributed by atoms with Gasteiger partial charge in [-0.05, 0) is 40.8 Å². The molecule has 0 saturated carbocycles. The van der Waals surface area contributed by atoms with Gasteiger partial charge in [-0.2, -0.15) is 0 Å². The molecule has 2 heteroatoms. The molecule has 3 rings (SSSR count). The fourth-order valence-electron chi connectivity index (χ4n) is 2.55. The Morgan fingerprint density at radius 1 is 0.895 bits per heavy atom. The zero-order chi connectivity index (χ0) is 13.2. The van der Waals surface area contributed by atoms with Gasteiger partial charge in [0.1, 0.15) is 0 Å². The number of ether oxygens (including phenoxy) is 2. The quantitative estimate of drug-likeness (QED) is 0.829. The molecule has 0 unspecified atom stereocenters. The lowest BCUT2D eigenvalue weighted by Crippen LogP contribution is -1.94. The summed E-state index contributed by atoms with van der Waals surface area (Å²) in [6.07, 6.45) is 3.21. The minimum absolute atomic E-state index is 0.782. The van der Waals surface area contributed by atoms with Crippen LogP contribution in [0.25, 0.3) is 5.57 Å². The Bertz CT molecular complexity index is 627. The number of methoxy groups -OCH3 is 2. The van der Waals surface area contributed by atoms with E-state index in [4.69, 9.17) is 9.47 Å². The average Bonchev–Trinajstić information content (AvgIpc) is 2.89. The van der Waals surface area contributed by atoms with E-state index in [0.29, 0.717) is 0 Å². The first-order valence-electron chi connectivity index (χ1n) is 6.34. The molecule has 0 aliphatic heterocycles. The first-order chi connectivity index (χ1) is 9.33. The maximum atomic E-state index is 5.39. The first kappa shape index (κ1) is 11.8. The molecule has 2 nitrogen and oxygen atoms in total. The van der Waals surface area contributed by atoms with Gasteiger partial charge in [0.15, 0.2) is 11.5 Å². The van der Waals surface area contributed by atoms with E-state index >= 15 is 0 Å². The third kappa shape index (κ3) is 1.99. The summed E-state index contributed by atoms with van der Waals surface area (Å²) in [6.45, 7) is 0. The SMILES string of the molecule is COc1cc2c(cc1OC)C(c1ccccc1)=CC2. The molecule has 0 heterocycles. The van der Waals surface area contributed by atoms with E-state index in [9.17, 15) is 0 Å². The zero-order valence-corrected chi connectivity index (χ0v) is 11.1. The van der Waals surface area contributed by atoms with Gasteiger partial charge in [0.2, 0.25) is 0 Å². The maximum absolute atomic E-state index is 5.39. The van der Waals surface area contributed by atoms with Crippen molar-refractivity contribution in [1.29, 1.82) is 0 Å². The summed E-state index contributed by atoms with van der Waals surface area (Å²) < 4.78 is 10.7. The average molecular weight is 252 g/mol. The maximum Gasteiger partial charge on any atom is 0.161 e. The molecule has 0 atom stereocenters. The highest BCUT2D eigenvalue weighted by Crippen LogP contribution is 2.39. The largest absolute Gasteiger partial charge is 0.493 e. The van der Waals surface area contributed by atoms with Crippen LogP contribution in [0.5, 0.6) is 11.5 Å². The summed E-state index contributed by atoms with van der Waals surface area (Å²) in [5, 5.41) is 0. The summed E-state index contributed by atoms with van der Waals surface area (Å²) in [6, 6.07) is 14.6. The molecular weight excluding hydrogens is 236 g/mol. The second-order valence-corrected chi connectivity index (χ2v) is 4.55. The van der Waals surface area contributed by atoms with Gasteiger partial charge in [0, 0.05) is 0 Å². The summed E-state index contributed by atoms with van der Waals surface area (Å²) in [7, 11) is 3.34. The van der Waals surface area contributed by atoms with Crippen LogP contribution in [-0.4, -0.2) is 14.2 Å². The first-order valence-corrected chi connectivity index (χ1v) is 6.34. The summed E-state index contributed by atoms with van der Waals surface area (Å²) in [5.74, 6) is 1.58. The van der Waals surface area contributed by atoms with Crippen molar-refractivity contribution in [2.24, 2.45) is 0 Å². The van der Waals surface area contributed by atoms with Crippen molar-refractivity contribution >= 4 is 5.57 Å². The second-order valence-electron chi connectivity index (χ2n) is 4.55. The predicted molar refractivity (Wildman–Crippen MR) is 76.8 cm³/mol. The number of hydrogen-bond donors (Lipinski definition) is 0. The lowest BCUT2D eigenvalue weighted by molar-refractivity contribution is 0.354. The molecule has 2 aromatic carbocycles. The van der Waals surface area contributed by atoms with Crippen molar-refractivity contribution < 1.29 is 9.47 Å². The molecule has 0 fully saturated rings. The predicted octanol–water partition coefficient (Wildman–Crippen LogP) is 3.69. The Morgan fingerprint density at radius 2 is 1.58 bits per heavy atom. The molecule has 0 N–H and O–H groups in total. The van der Waals surface area contributed by atoms with Crippen LogP contribution in [0, 0.1) is 0 Å². The highest BCUT2D eigenvalue weighted by atomic mass is 16.5. The number of fused-ring (bicyclic) bond motifs is 1. The molecular formula is C17H16O2. The number of benzene rings is 2. The minimum Gasteiger partial charge on any atom is -0.493 e. The summed E-state index contributed by atoms with van der Waals surface area (Å²) in [4.78, 5) is 0. The van der Waals surface area contributed by atoms with E-state index in [-0.39, 0.29) is 0 Å². The van der Waals surface area contributed by atoms with Crippen LogP contribution in [0.3, 0.4) is 0 Å². The lowest BCUT2D eigenvalue weighted by Gasteiger charge is -2.12.